The Hall–Kier alpha value is -1.44. The van der Waals surface area contributed by atoms with Crippen molar-refractivity contribution in [3.05, 3.63) is 36.5 Å². The van der Waals surface area contributed by atoms with E-state index in [9.17, 15) is 39.8 Å². The molecule has 0 spiro atoms. The highest BCUT2D eigenvalue weighted by Gasteiger charge is 2.51. The average molecular weight is 917 g/mol. The molecule has 6 N–H and O–H groups in total. The Morgan fingerprint density at radius 2 is 0.889 bits per heavy atom. The first-order valence-electron chi connectivity index (χ1n) is 25.3. The van der Waals surface area contributed by atoms with E-state index < -0.39 is 63.1 Å². The quantitative estimate of drug-likeness (QED) is 0.0147. The topological polar surface area (TPSA) is 192 Å². The highest BCUT2D eigenvalue weighted by atomic mass is 31.2. The van der Waals surface area contributed by atoms with Crippen molar-refractivity contribution in [1.82, 2.24) is 0 Å². The summed E-state index contributed by atoms with van der Waals surface area (Å²) in [7, 11) is -5.02. The lowest BCUT2D eigenvalue weighted by Gasteiger charge is -2.41. The summed E-state index contributed by atoms with van der Waals surface area (Å²) in [5.74, 6) is -0.478. The van der Waals surface area contributed by atoms with Crippen LogP contribution in [-0.2, 0) is 27.9 Å². The Morgan fingerprint density at radius 3 is 1.38 bits per heavy atom. The van der Waals surface area contributed by atoms with Crippen LogP contribution in [0, 0.1) is 0 Å². The summed E-state index contributed by atoms with van der Waals surface area (Å²) in [6.45, 7) is 4.24. The molecule has 0 bridgehead atoms. The van der Waals surface area contributed by atoms with E-state index in [0.717, 1.165) is 64.2 Å². The molecule has 63 heavy (non-hydrogen) atoms. The van der Waals surface area contributed by atoms with Gasteiger partial charge in [-0.3, -0.25) is 13.8 Å². The maximum atomic E-state index is 12.8. The molecular formula is C50H93O12P. The van der Waals surface area contributed by atoms with Gasteiger partial charge in [-0.25, -0.2) is 4.57 Å². The van der Waals surface area contributed by atoms with Gasteiger partial charge in [-0.05, 0) is 51.4 Å². The first-order valence-corrected chi connectivity index (χ1v) is 26.8. The van der Waals surface area contributed by atoms with Crippen LogP contribution in [0.5, 0.6) is 0 Å². The van der Waals surface area contributed by atoms with Gasteiger partial charge in [-0.1, -0.05) is 192 Å². The number of ether oxygens (including phenoxy) is 2. The van der Waals surface area contributed by atoms with Crippen LogP contribution in [0.4, 0.5) is 0 Å². The first kappa shape index (κ1) is 59.6. The number of hydrogen-bond donors (Lipinski definition) is 6. The maximum Gasteiger partial charge on any atom is 0.472 e. The summed E-state index contributed by atoms with van der Waals surface area (Å²) in [5.41, 5.74) is 0. The highest BCUT2D eigenvalue weighted by molar-refractivity contribution is 7.47. The van der Waals surface area contributed by atoms with E-state index in [4.69, 9.17) is 18.5 Å². The van der Waals surface area contributed by atoms with E-state index in [1.165, 1.54) is 122 Å². The molecule has 0 aliphatic heterocycles. The molecule has 1 rings (SSSR count). The van der Waals surface area contributed by atoms with E-state index in [1.54, 1.807) is 0 Å². The van der Waals surface area contributed by atoms with E-state index in [0.29, 0.717) is 13.0 Å². The minimum atomic E-state index is -5.02. The molecule has 1 saturated carbocycles. The summed E-state index contributed by atoms with van der Waals surface area (Å²) in [5, 5.41) is 50.3. The second-order valence-electron chi connectivity index (χ2n) is 17.7. The van der Waals surface area contributed by atoms with Crippen molar-refractivity contribution in [1.29, 1.82) is 0 Å². The third kappa shape index (κ3) is 32.8. The summed E-state index contributed by atoms with van der Waals surface area (Å²) >= 11 is 0. The number of rotatable bonds is 43. The van der Waals surface area contributed by atoms with Gasteiger partial charge >= 0.3 is 13.8 Å². The van der Waals surface area contributed by atoms with Gasteiger partial charge in [0.1, 0.15) is 42.7 Å². The zero-order chi connectivity index (χ0) is 46.2. The van der Waals surface area contributed by atoms with Gasteiger partial charge < -0.3 is 39.9 Å². The predicted octanol–water partition coefficient (Wildman–Crippen LogP) is 11.0. The van der Waals surface area contributed by atoms with Crippen LogP contribution in [0.2, 0.25) is 0 Å². The van der Waals surface area contributed by atoms with Crippen LogP contribution in [0.15, 0.2) is 36.5 Å². The molecule has 0 aromatic rings. The van der Waals surface area contributed by atoms with Crippen molar-refractivity contribution in [2.45, 2.75) is 256 Å². The number of allylic oxidation sites excluding steroid dienone is 6. The summed E-state index contributed by atoms with van der Waals surface area (Å²) < 4.78 is 34.3. The smallest absolute Gasteiger partial charge is 0.457 e. The largest absolute Gasteiger partial charge is 0.472 e. The van der Waals surface area contributed by atoms with E-state index >= 15 is 0 Å². The van der Waals surface area contributed by atoms with Crippen molar-refractivity contribution in [3.63, 3.8) is 0 Å². The monoisotopic (exact) mass is 917 g/mol. The highest BCUT2D eigenvalue weighted by Crippen LogP contribution is 2.47. The zero-order valence-corrected chi connectivity index (χ0v) is 40.5. The van der Waals surface area contributed by atoms with E-state index in [1.807, 2.05) is 0 Å². The Bertz CT molecular complexity index is 1180. The van der Waals surface area contributed by atoms with Gasteiger partial charge in [-0.15, -0.1) is 0 Å². The van der Waals surface area contributed by atoms with Crippen LogP contribution in [0.3, 0.4) is 0 Å². The number of aliphatic hydroxyl groups is 5. The SMILES string of the molecule is CCCCC/C=C\C/C=C\C/C=C\CCCCCCCCCOCC(COP(=O)(O)OC1C(O)C(O)C(O)C(O)C1O)OC(=O)CCCCCCCCCCCCCCCCCC. The number of aliphatic hydroxyl groups excluding tert-OH is 5. The molecule has 6 unspecified atom stereocenters. The minimum absolute atomic E-state index is 0.0809. The molecule has 1 aliphatic carbocycles. The second kappa shape index (κ2) is 40.8. The van der Waals surface area contributed by atoms with Crippen LogP contribution in [0.25, 0.3) is 0 Å². The van der Waals surface area contributed by atoms with Crippen LogP contribution >= 0.6 is 7.82 Å². The van der Waals surface area contributed by atoms with Gasteiger partial charge in [0.2, 0.25) is 0 Å². The van der Waals surface area contributed by atoms with Gasteiger partial charge in [-0.2, -0.15) is 0 Å². The van der Waals surface area contributed by atoms with Gasteiger partial charge in [0.25, 0.3) is 0 Å². The average Bonchev–Trinajstić information content (AvgIpc) is 3.27. The summed E-state index contributed by atoms with van der Waals surface area (Å²) in [6, 6.07) is 0. The number of carbonyl (C=O) groups is 1. The molecule has 0 amide bonds. The van der Waals surface area contributed by atoms with Crippen molar-refractivity contribution in [2.75, 3.05) is 19.8 Å². The third-order valence-corrected chi connectivity index (χ3v) is 12.8. The molecule has 1 fully saturated rings. The fourth-order valence-corrected chi connectivity index (χ4v) is 8.69. The lowest BCUT2D eigenvalue weighted by molar-refractivity contribution is -0.220. The number of unbranched alkanes of at least 4 members (excludes halogenated alkanes) is 25. The fraction of sp³-hybridized carbons (Fsp3) is 0.860. The molecular weight excluding hydrogens is 824 g/mol. The minimum Gasteiger partial charge on any atom is -0.457 e. The Morgan fingerprint density at radius 1 is 0.508 bits per heavy atom. The number of carbonyl (C=O) groups excluding carboxylic acids is 1. The second-order valence-corrected chi connectivity index (χ2v) is 19.1. The number of hydrogen-bond acceptors (Lipinski definition) is 11. The van der Waals surface area contributed by atoms with E-state index in [-0.39, 0.29) is 13.0 Å². The Balaban J connectivity index is 2.35. The van der Waals surface area contributed by atoms with Crippen molar-refractivity contribution >= 4 is 13.8 Å². The van der Waals surface area contributed by atoms with Gasteiger partial charge in [0.05, 0.1) is 13.2 Å². The number of phosphoric ester groups is 1. The molecule has 370 valence electrons. The zero-order valence-electron chi connectivity index (χ0n) is 39.6. The molecule has 6 atom stereocenters. The Kier molecular flexibility index (Phi) is 38.6. The first-order chi connectivity index (χ1) is 30.5. The van der Waals surface area contributed by atoms with E-state index in [2.05, 4.69) is 50.3 Å². The Labute approximate surface area is 382 Å². The fourth-order valence-electron chi connectivity index (χ4n) is 7.72. The number of esters is 1. The molecule has 0 aromatic carbocycles. The molecule has 12 nitrogen and oxygen atoms in total. The maximum absolute atomic E-state index is 12.8. The van der Waals surface area contributed by atoms with Crippen molar-refractivity contribution in [2.24, 2.45) is 0 Å². The van der Waals surface area contributed by atoms with Crippen LogP contribution in [0.1, 0.15) is 213 Å². The van der Waals surface area contributed by atoms with Crippen molar-refractivity contribution in [3.8, 4) is 0 Å². The standard InChI is InChI=1S/C50H93O12P/c1-3-5-7-9-11-13-15-17-19-21-22-23-24-26-28-30-32-34-36-38-40-59-41-43(42-60-63(57,58)62-50-48(55)46(53)45(52)47(54)49(50)56)61-44(51)39-37-35-33-31-29-27-25-20-18-16-14-12-10-8-6-4-2/h11,13,17,19,22-23,43,45-50,52-56H,3-10,12,14-16,18,20-21,24-42H2,1-2H3,(H,57,58)/b13-11-,19-17-,23-22-. The lowest BCUT2D eigenvalue weighted by atomic mass is 9.85. The lowest BCUT2D eigenvalue weighted by Crippen LogP contribution is -2.64. The van der Waals surface area contributed by atoms with Crippen molar-refractivity contribution < 1.29 is 58.3 Å². The molecule has 13 heteroatoms. The summed E-state index contributed by atoms with van der Waals surface area (Å²) in [4.78, 5) is 23.2. The molecule has 0 aromatic heterocycles. The van der Waals surface area contributed by atoms with Crippen LogP contribution in [-0.4, -0.2) is 98.9 Å². The molecule has 0 saturated heterocycles. The van der Waals surface area contributed by atoms with Gasteiger partial charge in [0.15, 0.2) is 0 Å². The third-order valence-electron chi connectivity index (χ3n) is 11.8. The summed E-state index contributed by atoms with van der Waals surface area (Å²) in [6.07, 6.45) is 36.3. The normalized spacial score (nSPS) is 22.1. The molecule has 1 aliphatic rings. The number of phosphoric acid groups is 1. The van der Waals surface area contributed by atoms with Crippen LogP contribution < -0.4 is 0 Å². The molecule has 0 radical (unpaired) electrons. The predicted molar refractivity (Wildman–Crippen MR) is 253 cm³/mol. The van der Waals surface area contributed by atoms with Gasteiger partial charge in [0, 0.05) is 13.0 Å². The molecule has 0 heterocycles.